The highest BCUT2D eigenvalue weighted by Gasteiger charge is 2.41. The first-order valence-electron chi connectivity index (χ1n) is 9.46. The second-order valence-corrected chi connectivity index (χ2v) is 7.88. The first-order chi connectivity index (χ1) is 13.4. The predicted octanol–water partition coefficient (Wildman–Crippen LogP) is 3.95. The molecule has 2 aromatic rings. The lowest BCUT2D eigenvalue weighted by Gasteiger charge is -2.37. The molecule has 0 bridgehead atoms. The Labute approximate surface area is 170 Å². The summed E-state index contributed by atoms with van der Waals surface area (Å²) in [6.45, 7) is 1.47. The number of carbonyl (C=O) groups is 1. The maximum atomic E-state index is 13.7. The van der Waals surface area contributed by atoms with E-state index in [4.69, 9.17) is 16.3 Å². The summed E-state index contributed by atoms with van der Waals surface area (Å²) in [5, 5.41) is 3.76. The summed E-state index contributed by atoms with van der Waals surface area (Å²) in [5.41, 5.74) is 1.14. The summed E-state index contributed by atoms with van der Waals surface area (Å²) in [6.07, 6.45) is 1.24. The topological polar surface area (TPSA) is 41.6 Å². The number of likely N-dealkylation sites (N-methyl/N-ethyl adjacent to an activating group) is 1. The maximum absolute atomic E-state index is 13.7. The van der Waals surface area contributed by atoms with Crippen molar-refractivity contribution >= 4 is 17.5 Å². The van der Waals surface area contributed by atoms with Crippen molar-refractivity contribution in [3.63, 3.8) is 0 Å². The van der Waals surface area contributed by atoms with Crippen LogP contribution in [0.1, 0.15) is 30.0 Å². The van der Waals surface area contributed by atoms with Crippen LogP contribution in [-0.4, -0.2) is 44.7 Å². The van der Waals surface area contributed by atoms with Gasteiger partial charge >= 0.3 is 0 Å². The van der Waals surface area contributed by atoms with Crippen molar-refractivity contribution in [3.05, 3.63) is 70.5 Å². The van der Waals surface area contributed by atoms with E-state index in [2.05, 4.69) is 5.32 Å². The number of nitrogens with one attached hydrogen (secondary N) is 1. The third-order valence-electron chi connectivity index (χ3n) is 5.49. The number of carbonyl (C=O) groups excluding carboxylic acids is 1. The predicted molar refractivity (Wildman–Crippen MR) is 109 cm³/mol. The summed E-state index contributed by atoms with van der Waals surface area (Å²) in [4.78, 5) is 15.3. The third-order valence-corrected chi connectivity index (χ3v) is 5.74. The van der Waals surface area contributed by atoms with Gasteiger partial charge in [0.05, 0.1) is 11.5 Å². The zero-order chi connectivity index (χ0) is 20.1. The van der Waals surface area contributed by atoms with Gasteiger partial charge in [0.2, 0.25) is 5.91 Å². The molecule has 1 aliphatic rings. The SMILES string of the molecule is CN(C)C(CNC(=O)C1(c2ccc(Cl)cc2)CCOCC1)c1cccc(F)c1. The molecular weight excluding hydrogens is 379 g/mol. The van der Waals surface area contributed by atoms with Gasteiger partial charge in [0.25, 0.3) is 0 Å². The molecule has 1 atom stereocenters. The Bertz CT molecular complexity index is 804. The van der Waals surface area contributed by atoms with E-state index in [1.807, 2.05) is 49.3 Å². The highest BCUT2D eigenvalue weighted by Crippen LogP contribution is 2.36. The molecule has 150 valence electrons. The van der Waals surface area contributed by atoms with Crippen molar-refractivity contribution in [3.8, 4) is 0 Å². The molecule has 1 aliphatic heterocycles. The van der Waals surface area contributed by atoms with E-state index in [1.54, 1.807) is 6.07 Å². The lowest BCUT2D eigenvalue weighted by Crippen LogP contribution is -2.49. The average molecular weight is 405 g/mol. The largest absolute Gasteiger partial charge is 0.381 e. The van der Waals surface area contributed by atoms with E-state index in [1.165, 1.54) is 12.1 Å². The number of halogens is 2. The van der Waals surface area contributed by atoms with Gasteiger partial charge in [-0.25, -0.2) is 4.39 Å². The highest BCUT2D eigenvalue weighted by molar-refractivity contribution is 6.30. The first kappa shape index (κ1) is 20.8. The summed E-state index contributed by atoms with van der Waals surface area (Å²) in [6, 6.07) is 13.9. The van der Waals surface area contributed by atoms with E-state index in [0.717, 1.165) is 11.1 Å². The Morgan fingerprint density at radius 2 is 1.89 bits per heavy atom. The second kappa shape index (κ2) is 9.03. The van der Waals surface area contributed by atoms with Gasteiger partial charge in [-0.15, -0.1) is 0 Å². The van der Waals surface area contributed by atoms with Gasteiger partial charge < -0.3 is 15.0 Å². The molecule has 3 rings (SSSR count). The summed E-state index contributed by atoms with van der Waals surface area (Å²) < 4.78 is 19.2. The van der Waals surface area contributed by atoms with Crippen LogP contribution in [0.3, 0.4) is 0 Å². The van der Waals surface area contributed by atoms with Crippen molar-refractivity contribution in [1.82, 2.24) is 10.2 Å². The molecule has 1 amide bonds. The fraction of sp³-hybridized carbons (Fsp3) is 0.409. The van der Waals surface area contributed by atoms with Gasteiger partial charge in [-0.05, 0) is 62.3 Å². The molecule has 1 N–H and O–H groups in total. The normalized spacial score (nSPS) is 17.3. The molecule has 28 heavy (non-hydrogen) atoms. The van der Waals surface area contributed by atoms with E-state index in [-0.39, 0.29) is 17.8 Å². The Kier molecular flexibility index (Phi) is 6.70. The van der Waals surface area contributed by atoms with Gasteiger partial charge in [0.1, 0.15) is 5.82 Å². The van der Waals surface area contributed by atoms with Crippen molar-refractivity contribution in [2.45, 2.75) is 24.3 Å². The van der Waals surface area contributed by atoms with Gasteiger partial charge in [-0.2, -0.15) is 0 Å². The van der Waals surface area contributed by atoms with Crippen molar-refractivity contribution in [1.29, 1.82) is 0 Å². The van der Waals surface area contributed by atoms with Crippen LogP contribution >= 0.6 is 11.6 Å². The van der Waals surface area contributed by atoms with Gasteiger partial charge in [0.15, 0.2) is 0 Å². The molecule has 6 heteroatoms. The molecule has 2 aromatic carbocycles. The molecule has 1 fully saturated rings. The van der Waals surface area contributed by atoms with Crippen LogP contribution in [0.15, 0.2) is 48.5 Å². The van der Waals surface area contributed by atoms with Gasteiger partial charge in [-0.1, -0.05) is 35.9 Å². The Morgan fingerprint density at radius 1 is 1.21 bits per heavy atom. The number of hydrogen-bond donors (Lipinski definition) is 1. The third kappa shape index (κ3) is 4.54. The van der Waals surface area contributed by atoms with Crippen LogP contribution in [0, 0.1) is 5.82 Å². The molecule has 0 aromatic heterocycles. The van der Waals surface area contributed by atoms with Gasteiger partial charge in [0, 0.05) is 24.8 Å². The molecule has 0 saturated carbocycles. The van der Waals surface area contributed by atoms with Crippen LogP contribution in [0.4, 0.5) is 4.39 Å². The van der Waals surface area contributed by atoms with E-state index >= 15 is 0 Å². The molecule has 1 heterocycles. The minimum Gasteiger partial charge on any atom is -0.381 e. The highest BCUT2D eigenvalue weighted by atomic mass is 35.5. The monoisotopic (exact) mass is 404 g/mol. The van der Waals surface area contributed by atoms with Crippen LogP contribution in [0.2, 0.25) is 5.02 Å². The van der Waals surface area contributed by atoms with E-state index in [0.29, 0.717) is 37.6 Å². The number of hydrogen-bond acceptors (Lipinski definition) is 3. The fourth-order valence-electron chi connectivity index (χ4n) is 3.81. The number of rotatable bonds is 6. The van der Waals surface area contributed by atoms with Crippen molar-refractivity contribution < 1.29 is 13.9 Å². The number of benzene rings is 2. The molecule has 1 saturated heterocycles. The standard InChI is InChI=1S/C22H26ClFN2O2/c1-26(2)20(16-4-3-5-19(24)14-16)15-25-21(27)22(10-12-28-13-11-22)17-6-8-18(23)9-7-17/h3-9,14,20H,10-13,15H2,1-2H3,(H,25,27). The number of nitrogens with zero attached hydrogens (tertiary/aromatic N) is 1. The van der Waals surface area contributed by atoms with Gasteiger partial charge in [-0.3, -0.25) is 4.79 Å². The quantitative estimate of drug-likeness (QED) is 0.792. The molecule has 1 unspecified atom stereocenters. The molecular formula is C22H26ClFN2O2. The van der Waals surface area contributed by atoms with E-state index in [9.17, 15) is 9.18 Å². The molecule has 0 spiro atoms. The van der Waals surface area contributed by atoms with E-state index < -0.39 is 5.41 Å². The lowest BCUT2D eigenvalue weighted by molar-refractivity contribution is -0.130. The Balaban J connectivity index is 1.80. The lowest BCUT2D eigenvalue weighted by atomic mass is 9.73. The minimum atomic E-state index is -0.637. The van der Waals surface area contributed by atoms with Crippen molar-refractivity contribution in [2.75, 3.05) is 33.9 Å². The Hall–Kier alpha value is -1.95. The zero-order valence-electron chi connectivity index (χ0n) is 16.3. The zero-order valence-corrected chi connectivity index (χ0v) is 17.0. The number of ether oxygens (including phenoxy) is 1. The van der Waals surface area contributed by atoms with Crippen molar-refractivity contribution in [2.24, 2.45) is 0 Å². The summed E-state index contributed by atoms with van der Waals surface area (Å²) in [7, 11) is 3.84. The van der Waals surface area contributed by atoms with Crippen LogP contribution in [-0.2, 0) is 14.9 Å². The molecule has 0 aliphatic carbocycles. The maximum Gasteiger partial charge on any atom is 0.230 e. The average Bonchev–Trinajstić information content (AvgIpc) is 2.69. The number of amides is 1. The van der Waals surface area contributed by atoms with Crippen LogP contribution < -0.4 is 5.32 Å². The van der Waals surface area contributed by atoms with Crippen LogP contribution in [0.25, 0.3) is 0 Å². The summed E-state index contributed by atoms with van der Waals surface area (Å²) >= 11 is 6.03. The first-order valence-corrected chi connectivity index (χ1v) is 9.84. The second-order valence-electron chi connectivity index (χ2n) is 7.45. The Morgan fingerprint density at radius 3 is 2.50 bits per heavy atom. The minimum absolute atomic E-state index is 0.0265. The van der Waals surface area contributed by atoms with Crippen LogP contribution in [0.5, 0.6) is 0 Å². The summed E-state index contributed by atoms with van der Waals surface area (Å²) in [5.74, 6) is -0.306. The fourth-order valence-corrected chi connectivity index (χ4v) is 3.93. The smallest absolute Gasteiger partial charge is 0.230 e. The molecule has 0 radical (unpaired) electrons. The molecule has 4 nitrogen and oxygen atoms in total.